The van der Waals surface area contributed by atoms with E-state index in [1.54, 1.807) is 4.57 Å². The Kier molecular flexibility index (Phi) is 4.56. The van der Waals surface area contributed by atoms with Gasteiger partial charge in [0.2, 0.25) is 0 Å². The molecule has 3 aromatic rings. The van der Waals surface area contributed by atoms with Crippen LogP contribution in [0.4, 0.5) is 0 Å². The van der Waals surface area contributed by atoms with Gasteiger partial charge in [0, 0.05) is 6.42 Å². The van der Waals surface area contributed by atoms with E-state index < -0.39 is 0 Å². The van der Waals surface area contributed by atoms with Crippen LogP contribution in [0, 0.1) is 6.92 Å². The van der Waals surface area contributed by atoms with E-state index in [2.05, 4.69) is 6.92 Å². The lowest BCUT2D eigenvalue weighted by molar-refractivity contribution is 0.676. The fraction of sp³-hybridized carbons (Fsp3) is 0.300. The predicted molar refractivity (Wildman–Crippen MR) is 95.3 cm³/mol. The lowest BCUT2D eigenvalue weighted by Crippen LogP contribution is -2.24. The van der Waals surface area contributed by atoms with Gasteiger partial charge in [-0.05, 0) is 43.2 Å². The van der Waals surface area contributed by atoms with Gasteiger partial charge in [0.1, 0.15) is 5.82 Å². The third-order valence-corrected chi connectivity index (χ3v) is 4.11. The summed E-state index contributed by atoms with van der Waals surface area (Å²) in [5, 5.41) is 0.674. The van der Waals surface area contributed by atoms with Crippen molar-refractivity contribution in [2.75, 3.05) is 0 Å². The topological polar surface area (TPSA) is 34.9 Å². The predicted octanol–water partition coefficient (Wildman–Crippen LogP) is 4.43. The highest BCUT2D eigenvalue weighted by molar-refractivity contribution is 5.77. The minimum absolute atomic E-state index is 0.0210. The van der Waals surface area contributed by atoms with Gasteiger partial charge in [0.25, 0.3) is 5.56 Å². The monoisotopic (exact) mass is 306 g/mol. The minimum atomic E-state index is 0.0210. The van der Waals surface area contributed by atoms with Crippen LogP contribution < -0.4 is 5.56 Å². The van der Waals surface area contributed by atoms with E-state index in [9.17, 15) is 4.79 Å². The summed E-state index contributed by atoms with van der Waals surface area (Å²) in [6.45, 7) is 4.22. The van der Waals surface area contributed by atoms with Crippen LogP contribution in [-0.2, 0) is 6.42 Å². The van der Waals surface area contributed by atoms with Gasteiger partial charge in [-0.15, -0.1) is 0 Å². The highest BCUT2D eigenvalue weighted by atomic mass is 16.1. The molecule has 0 atom stereocenters. The molecule has 0 N–H and O–H groups in total. The van der Waals surface area contributed by atoms with Crippen LogP contribution in [0.5, 0.6) is 0 Å². The van der Waals surface area contributed by atoms with Crippen molar-refractivity contribution in [3.05, 3.63) is 70.3 Å². The van der Waals surface area contributed by atoms with E-state index >= 15 is 0 Å². The first kappa shape index (κ1) is 15.5. The molecule has 2 aromatic carbocycles. The van der Waals surface area contributed by atoms with Gasteiger partial charge in [-0.25, -0.2) is 4.98 Å². The van der Waals surface area contributed by atoms with Crippen molar-refractivity contribution in [1.82, 2.24) is 9.55 Å². The maximum Gasteiger partial charge on any atom is 0.265 e. The van der Waals surface area contributed by atoms with Gasteiger partial charge in [-0.3, -0.25) is 9.36 Å². The Morgan fingerprint density at radius 2 is 1.87 bits per heavy atom. The van der Waals surface area contributed by atoms with Crippen molar-refractivity contribution in [3.8, 4) is 5.69 Å². The first-order chi connectivity index (χ1) is 11.2. The van der Waals surface area contributed by atoms with E-state index in [1.807, 2.05) is 55.5 Å². The Balaban J connectivity index is 2.21. The summed E-state index contributed by atoms with van der Waals surface area (Å²) in [7, 11) is 0. The van der Waals surface area contributed by atoms with Crippen LogP contribution in [0.15, 0.2) is 53.3 Å². The highest BCUT2D eigenvalue weighted by Gasteiger charge is 2.12. The lowest BCUT2D eigenvalue weighted by Gasteiger charge is -2.14. The number of aromatic nitrogens is 2. The molecule has 0 aliphatic carbocycles. The maximum absolute atomic E-state index is 13.0. The molecule has 3 rings (SSSR count). The third-order valence-electron chi connectivity index (χ3n) is 4.11. The van der Waals surface area contributed by atoms with Crippen molar-refractivity contribution in [1.29, 1.82) is 0 Å². The number of benzene rings is 2. The van der Waals surface area contributed by atoms with E-state index in [0.29, 0.717) is 5.39 Å². The van der Waals surface area contributed by atoms with Crippen LogP contribution >= 0.6 is 0 Å². The number of fused-ring (bicyclic) bond motifs is 1. The largest absolute Gasteiger partial charge is 0.268 e. The van der Waals surface area contributed by atoms with Crippen LogP contribution in [0.3, 0.4) is 0 Å². The zero-order valence-corrected chi connectivity index (χ0v) is 13.7. The SMILES string of the molecule is CCCCCc1nc2ccccc2c(=O)n1-c1cccc(C)c1. The molecule has 0 amide bonds. The normalized spacial score (nSPS) is 11.0. The van der Waals surface area contributed by atoms with Crippen LogP contribution in [0.2, 0.25) is 0 Å². The highest BCUT2D eigenvalue weighted by Crippen LogP contribution is 2.16. The van der Waals surface area contributed by atoms with Crippen LogP contribution in [0.25, 0.3) is 16.6 Å². The zero-order valence-electron chi connectivity index (χ0n) is 13.7. The molecule has 0 spiro atoms. The molecule has 1 heterocycles. The smallest absolute Gasteiger partial charge is 0.265 e. The number of unbranched alkanes of at least 4 members (excludes halogenated alkanes) is 2. The van der Waals surface area contributed by atoms with E-state index in [1.165, 1.54) is 0 Å². The number of aryl methyl sites for hydroxylation is 2. The van der Waals surface area contributed by atoms with E-state index in [-0.39, 0.29) is 5.56 Å². The summed E-state index contributed by atoms with van der Waals surface area (Å²) in [5.41, 5.74) is 2.85. The van der Waals surface area contributed by atoms with Crippen molar-refractivity contribution < 1.29 is 0 Å². The molecular formula is C20H22N2O. The fourth-order valence-corrected chi connectivity index (χ4v) is 2.91. The molecule has 0 bridgehead atoms. The number of hydrogen-bond acceptors (Lipinski definition) is 2. The molecule has 0 fully saturated rings. The Bertz CT molecular complexity index is 880. The molecule has 23 heavy (non-hydrogen) atoms. The lowest BCUT2D eigenvalue weighted by atomic mass is 10.1. The number of rotatable bonds is 5. The first-order valence-electron chi connectivity index (χ1n) is 8.28. The maximum atomic E-state index is 13.0. The van der Waals surface area contributed by atoms with Gasteiger partial charge in [0.05, 0.1) is 16.6 Å². The summed E-state index contributed by atoms with van der Waals surface area (Å²) in [4.78, 5) is 17.8. The van der Waals surface area contributed by atoms with Crippen LogP contribution in [0.1, 0.15) is 37.6 Å². The molecule has 3 heteroatoms. The standard InChI is InChI=1S/C20H22N2O/c1-3-4-5-13-19-21-18-12-7-6-11-17(18)20(23)22(19)16-10-8-9-15(2)14-16/h6-12,14H,3-5,13H2,1-2H3. The van der Waals surface area contributed by atoms with Gasteiger partial charge in [0.15, 0.2) is 0 Å². The summed E-state index contributed by atoms with van der Waals surface area (Å²) in [5.74, 6) is 0.854. The number of nitrogens with zero attached hydrogens (tertiary/aromatic N) is 2. The average molecular weight is 306 g/mol. The fourth-order valence-electron chi connectivity index (χ4n) is 2.91. The molecule has 0 radical (unpaired) electrons. The number of hydrogen-bond donors (Lipinski definition) is 0. The van der Waals surface area contributed by atoms with Gasteiger partial charge < -0.3 is 0 Å². The van der Waals surface area contributed by atoms with Gasteiger partial charge in [-0.1, -0.05) is 44.0 Å². The Morgan fingerprint density at radius 1 is 1.04 bits per heavy atom. The van der Waals surface area contributed by atoms with Crippen molar-refractivity contribution >= 4 is 10.9 Å². The second kappa shape index (κ2) is 6.78. The average Bonchev–Trinajstić information content (AvgIpc) is 2.55. The van der Waals surface area contributed by atoms with Crippen molar-refractivity contribution in [3.63, 3.8) is 0 Å². The Morgan fingerprint density at radius 3 is 2.65 bits per heavy atom. The molecule has 0 aliphatic rings. The molecule has 0 saturated heterocycles. The second-order valence-electron chi connectivity index (χ2n) is 5.98. The van der Waals surface area contributed by atoms with Gasteiger partial charge >= 0.3 is 0 Å². The molecule has 1 aromatic heterocycles. The van der Waals surface area contributed by atoms with E-state index in [0.717, 1.165) is 48.3 Å². The first-order valence-corrected chi connectivity index (χ1v) is 8.28. The van der Waals surface area contributed by atoms with Crippen molar-refractivity contribution in [2.45, 2.75) is 39.5 Å². The molecular weight excluding hydrogens is 284 g/mol. The summed E-state index contributed by atoms with van der Waals surface area (Å²) in [6, 6.07) is 15.6. The summed E-state index contributed by atoms with van der Waals surface area (Å²) >= 11 is 0. The molecule has 0 unspecified atom stereocenters. The summed E-state index contributed by atoms with van der Waals surface area (Å²) < 4.78 is 1.78. The quantitative estimate of drug-likeness (QED) is 0.654. The Hall–Kier alpha value is -2.42. The summed E-state index contributed by atoms with van der Waals surface area (Å²) in [6.07, 6.45) is 4.17. The van der Waals surface area contributed by atoms with E-state index in [4.69, 9.17) is 4.98 Å². The second-order valence-corrected chi connectivity index (χ2v) is 5.98. The van der Waals surface area contributed by atoms with Gasteiger partial charge in [-0.2, -0.15) is 0 Å². The minimum Gasteiger partial charge on any atom is -0.268 e. The third kappa shape index (κ3) is 3.19. The molecule has 118 valence electrons. The molecule has 3 nitrogen and oxygen atoms in total. The van der Waals surface area contributed by atoms with Crippen LogP contribution in [-0.4, -0.2) is 9.55 Å². The molecule has 0 aliphatic heterocycles. The zero-order chi connectivity index (χ0) is 16.2. The molecule has 0 saturated carbocycles. The Labute approximate surface area is 136 Å². The van der Waals surface area contributed by atoms with Crippen molar-refractivity contribution in [2.24, 2.45) is 0 Å². The number of para-hydroxylation sites is 1.